The van der Waals surface area contributed by atoms with Crippen molar-refractivity contribution in [1.82, 2.24) is 4.72 Å². The Morgan fingerprint density at radius 1 is 1.04 bits per heavy atom. The van der Waals surface area contributed by atoms with Gasteiger partial charge in [-0.25, -0.2) is 13.1 Å². The first-order chi connectivity index (χ1) is 12.6. The number of rotatable bonds is 7. The van der Waals surface area contributed by atoms with E-state index in [1.807, 2.05) is 30.5 Å². The van der Waals surface area contributed by atoms with E-state index in [0.29, 0.717) is 12.8 Å². The molecule has 2 aromatic rings. The zero-order chi connectivity index (χ0) is 20.1. The minimum atomic E-state index is -3.55. The second kappa shape index (κ2) is 8.91. The lowest BCUT2D eigenvalue weighted by molar-refractivity contribution is -0.116. The number of thioether (sulfide) groups is 1. The largest absolute Gasteiger partial charge is 0.325 e. The molecule has 5 nitrogen and oxygen atoms in total. The van der Waals surface area contributed by atoms with Crippen molar-refractivity contribution in [3.8, 4) is 0 Å². The summed E-state index contributed by atoms with van der Waals surface area (Å²) in [5, 5.41) is 2.93. The van der Waals surface area contributed by atoms with E-state index in [1.165, 1.54) is 0 Å². The highest BCUT2D eigenvalue weighted by molar-refractivity contribution is 7.98. The van der Waals surface area contributed by atoms with E-state index in [2.05, 4.69) is 10.0 Å². The molecule has 1 amide bonds. The SMILES string of the molecule is CSc1ccccc1NC(=O)CCc1ccc(S(=O)(=O)NC(C)(C)C)cc1. The fourth-order valence-electron chi connectivity index (χ4n) is 2.52. The molecule has 27 heavy (non-hydrogen) atoms. The number of amides is 1. The maximum Gasteiger partial charge on any atom is 0.241 e. The molecule has 0 aliphatic heterocycles. The summed E-state index contributed by atoms with van der Waals surface area (Å²) in [5.41, 5.74) is 1.19. The van der Waals surface area contributed by atoms with Crippen LogP contribution in [0.15, 0.2) is 58.3 Å². The molecule has 0 bridgehead atoms. The van der Waals surface area contributed by atoms with Gasteiger partial charge in [-0.2, -0.15) is 0 Å². The minimum Gasteiger partial charge on any atom is -0.325 e. The van der Waals surface area contributed by atoms with Gasteiger partial charge in [-0.15, -0.1) is 11.8 Å². The number of para-hydroxylation sites is 1. The Bertz CT molecular complexity index is 886. The standard InChI is InChI=1S/C20H26N2O3S2/c1-20(2,3)22-27(24,25)16-12-9-15(10-13-16)11-14-19(23)21-17-7-5-6-8-18(17)26-4/h5-10,12-13,22H,11,14H2,1-4H3,(H,21,23). The molecule has 2 rings (SSSR count). The predicted molar refractivity (Wildman–Crippen MR) is 112 cm³/mol. The molecule has 0 heterocycles. The van der Waals surface area contributed by atoms with Gasteiger partial charge in [-0.3, -0.25) is 4.79 Å². The average molecular weight is 407 g/mol. The van der Waals surface area contributed by atoms with Crippen LogP contribution in [0.2, 0.25) is 0 Å². The van der Waals surface area contributed by atoms with Gasteiger partial charge in [0.25, 0.3) is 0 Å². The summed E-state index contributed by atoms with van der Waals surface area (Å²) < 4.78 is 27.2. The predicted octanol–water partition coefficient (Wildman–Crippen LogP) is 4.06. The molecule has 0 radical (unpaired) electrons. The zero-order valence-electron chi connectivity index (χ0n) is 16.1. The number of aryl methyl sites for hydroxylation is 1. The van der Waals surface area contributed by atoms with Crippen LogP contribution in [0.5, 0.6) is 0 Å². The van der Waals surface area contributed by atoms with Gasteiger partial charge < -0.3 is 5.32 Å². The van der Waals surface area contributed by atoms with Crippen molar-refractivity contribution in [2.75, 3.05) is 11.6 Å². The Kier molecular flexibility index (Phi) is 7.08. The van der Waals surface area contributed by atoms with Crippen LogP contribution in [0.3, 0.4) is 0 Å². The highest BCUT2D eigenvalue weighted by Gasteiger charge is 2.21. The van der Waals surface area contributed by atoms with Crippen molar-refractivity contribution in [2.45, 2.75) is 48.9 Å². The lowest BCUT2D eigenvalue weighted by Crippen LogP contribution is -2.40. The van der Waals surface area contributed by atoms with Crippen molar-refractivity contribution in [3.05, 3.63) is 54.1 Å². The molecule has 2 N–H and O–H groups in total. The maximum atomic E-state index is 12.3. The number of anilines is 1. The van der Waals surface area contributed by atoms with Crippen LogP contribution in [-0.2, 0) is 21.2 Å². The second-order valence-electron chi connectivity index (χ2n) is 7.25. The molecule has 7 heteroatoms. The van der Waals surface area contributed by atoms with Crippen LogP contribution in [0, 0.1) is 0 Å². The first-order valence-electron chi connectivity index (χ1n) is 8.66. The maximum absolute atomic E-state index is 12.3. The van der Waals surface area contributed by atoms with E-state index in [0.717, 1.165) is 16.1 Å². The summed E-state index contributed by atoms with van der Waals surface area (Å²) in [6.07, 6.45) is 2.84. The number of nitrogens with one attached hydrogen (secondary N) is 2. The van der Waals surface area contributed by atoms with Crippen LogP contribution in [0.25, 0.3) is 0 Å². The molecular formula is C20H26N2O3S2. The zero-order valence-corrected chi connectivity index (χ0v) is 17.7. The number of hydrogen-bond donors (Lipinski definition) is 2. The van der Waals surface area contributed by atoms with Gasteiger partial charge in [-0.1, -0.05) is 24.3 Å². The Morgan fingerprint density at radius 3 is 2.26 bits per heavy atom. The fraction of sp³-hybridized carbons (Fsp3) is 0.350. The smallest absolute Gasteiger partial charge is 0.241 e. The summed E-state index contributed by atoms with van der Waals surface area (Å²) in [7, 11) is -3.55. The van der Waals surface area contributed by atoms with E-state index in [-0.39, 0.29) is 10.8 Å². The molecule has 0 aliphatic rings. The fourth-order valence-corrected chi connectivity index (χ4v) is 4.49. The molecule has 2 aromatic carbocycles. The van der Waals surface area contributed by atoms with Crippen molar-refractivity contribution in [2.24, 2.45) is 0 Å². The van der Waals surface area contributed by atoms with Crippen LogP contribution >= 0.6 is 11.8 Å². The minimum absolute atomic E-state index is 0.0670. The quantitative estimate of drug-likeness (QED) is 0.680. The first kappa shape index (κ1) is 21.5. The molecular weight excluding hydrogens is 380 g/mol. The average Bonchev–Trinajstić information content (AvgIpc) is 2.59. The summed E-state index contributed by atoms with van der Waals surface area (Å²) in [5.74, 6) is -0.0670. The highest BCUT2D eigenvalue weighted by Crippen LogP contribution is 2.24. The van der Waals surface area contributed by atoms with E-state index in [9.17, 15) is 13.2 Å². The van der Waals surface area contributed by atoms with E-state index in [1.54, 1.807) is 56.8 Å². The van der Waals surface area contributed by atoms with Crippen LogP contribution in [0.1, 0.15) is 32.8 Å². The Balaban J connectivity index is 1.96. The van der Waals surface area contributed by atoms with E-state index >= 15 is 0 Å². The highest BCUT2D eigenvalue weighted by atomic mass is 32.2. The van der Waals surface area contributed by atoms with Gasteiger partial charge in [0.1, 0.15) is 0 Å². The summed E-state index contributed by atoms with van der Waals surface area (Å²) >= 11 is 1.58. The lowest BCUT2D eigenvalue weighted by Gasteiger charge is -2.20. The van der Waals surface area contributed by atoms with Crippen LogP contribution in [-0.4, -0.2) is 26.1 Å². The summed E-state index contributed by atoms with van der Waals surface area (Å²) in [6, 6.07) is 14.3. The van der Waals surface area contributed by atoms with Gasteiger partial charge in [-0.05, 0) is 63.3 Å². The van der Waals surface area contributed by atoms with Crippen molar-refractivity contribution < 1.29 is 13.2 Å². The van der Waals surface area contributed by atoms with Crippen molar-refractivity contribution in [3.63, 3.8) is 0 Å². The van der Waals surface area contributed by atoms with Crippen LogP contribution in [0.4, 0.5) is 5.69 Å². The number of carbonyl (C=O) groups excluding carboxylic acids is 1. The van der Waals surface area contributed by atoms with Gasteiger partial charge >= 0.3 is 0 Å². The first-order valence-corrected chi connectivity index (χ1v) is 11.4. The summed E-state index contributed by atoms with van der Waals surface area (Å²) in [4.78, 5) is 13.5. The van der Waals surface area contributed by atoms with Crippen molar-refractivity contribution >= 4 is 33.4 Å². The Hall–Kier alpha value is -1.83. The molecule has 146 valence electrons. The topological polar surface area (TPSA) is 75.3 Å². The third-order valence-electron chi connectivity index (χ3n) is 3.70. The molecule has 0 aliphatic carbocycles. The number of benzene rings is 2. The third-order valence-corrected chi connectivity index (χ3v) is 6.27. The molecule has 0 saturated heterocycles. The van der Waals surface area contributed by atoms with E-state index < -0.39 is 15.6 Å². The number of hydrogen-bond acceptors (Lipinski definition) is 4. The van der Waals surface area contributed by atoms with Crippen LogP contribution < -0.4 is 10.0 Å². The van der Waals surface area contributed by atoms with E-state index in [4.69, 9.17) is 0 Å². The Labute approximate surface area is 166 Å². The van der Waals surface area contributed by atoms with Gasteiger partial charge in [0.15, 0.2) is 0 Å². The molecule has 0 saturated carbocycles. The second-order valence-corrected chi connectivity index (χ2v) is 9.78. The molecule has 0 unspecified atom stereocenters. The summed E-state index contributed by atoms with van der Waals surface area (Å²) in [6.45, 7) is 5.40. The Morgan fingerprint density at radius 2 is 1.67 bits per heavy atom. The monoisotopic (exact) mass is 406 g/mol. The molecule has 0 spiro atoms. The van der Waals surface area contributed by atoms with Crippen molar-refractivity contribution in [1.29, 1.82) is 0 Å². The molecule has 0 aromatic heterocycles. The van der Waals surface area contributed by atoms with Gasteiger partial charge in [0, 0.05) is 16.9 Å². The lowest BCUT2D eigenvalue weighted by atomic mass is 10.1. The van der Waals surface area contributed by atoms with Gasteiger partial charge in [0.2, 0.25) is 15.9 Å². The number of sulfonamides is 1. The third kappa shape index (κ3) is 6.68. The molecule has 0 atom stereocenters. The van der Waals surface area contributed by atoms with Gasteiger partial charge in [0.05, 0.1) is 10.6 Å². The number of carbonyl (C=O) groups is 1. The normalized spacial score (nSPS) is 12.0. The molecule has 0 fully saturated rings.